The van der Waals surface area contributed by atoms with E-state index in [4.69, 9.17) is 9.73 Å². The third-order valence-corrected chi connectivity index (χ3v) is 14.4. The maximum Gasteiger partial charge on any atom is 0.308 e. The van der Waals surface area contributed by atoms with Gasteiger partial charge in [-0.05, 0) is 67.5 Å². The molecule has 4 atom stereocenters. The number of nitrogens with one attached hydrogen (secondary N) is 2. The number of rotatable bonds is 11. The minimum absolute atomic E-state index is 0.00442. The first-order valence-corrected chi connectivity index (χ1v) is 23.3. The number of hydrogen-bond donors (Lipinski definition) is 3. The number of esters is 1. The van der Waals surface area contributed by atoms with Gasteiger partial charge in [-0.2, -0.15) is 0 Å². The van der Waals surface area contributed by atoms with E-state index in [0.29, 0.717) is 22.9 Å². The second-order valence-corrected chi connectivity index (χ2v) is 19.9. The van der Waals surface area contributed by atoms with E-state index in [1.807, 2.05) is 68.7 Å². The Kier molecular flexibility index (Phi) is 12.9. The number of nitrogens with zero attached hydrogens (tertiary/aromatic N) is 6. The maximum atomic E-state index is 16.1. The van der Waals surface area contributed by atoms with Crippen LogP contribution in [0.5, 0.6) is 0 Å². The number of aliphatic hydroxyl groups is 1. The molecular weight excluding hydrogens is 880 g/mol. The maximum absolute atomic E-state index is 16.1. The monoisotopic (exact) mass is 930 g/mol. The third-order valence-electron chi connectivity index (χ3n) is 12.2. The molecule has 14 nitrogen and oxygen atoms in total. The summed E-state index contributed by atoms with van der Waals surface area (Å²) in [6.45, 7) is 13.4. The zero-order valence-corrected chi connectivity index (χ0v) is 39.6. The van der Waals surface area contributed by atoms with Crippen molar-refractivity contribution in [3.63, 3.8) is 0 Å². The van der Waals surface area contributed by atoms with Crippen molar-refractivity contribution in [2.75, 3.05) is 13.7 Å². The first kappa shape index (κ1) is 46.1. The average Bonchev–Trinajstić information content (AvgIpc) is 4.06. The number of halogens is 1. The number of aryl methyl sites for hydroxylation is 3. The number of aromatic nitrogens is 4. The summed E-state index contributed by atoms with van der Waals surface area (Å²) in [5.41, 5.74) is 7.97. The van der Waals surface area contributed by atoms with E-state index < -0.39 is 59.2 Å². The van der Waals surface area contributed by atoms with Gasteiger partial charge in [0.15, 0.2) is 5.82 Å². The Morgan fingerprint density at radius 2 is 1.65 bits per heavy atom. The first-order valence-electron chi connectivity index (χ1n) is 21.6. The number of β-amino-alcohol motifs (C(OH)–C–C–N with tert-alkyl or cyclic N) is 1. The summed E-state index contributed by atoms with van der Waals surface area (Å²) in [6, 6.07) is 16.5. The molecule has 0 spiro atoms. The molecule has 8 rings (SSSR count). The van der Waals surface area contributed by atoms with Gasteiger partial charge < -0.3 is 25.4 Å². The van der Waals surface area contributed by atoms with Gasteiger partial charge in [-0.1, -0.05) is 75.4 Å². The van der Waals surface area contributed by atoms with Crippen LogP contribution in [0.15, 0.2) is 77.2 Å². The molecule has 6 aromatic rings. The van der Waals surface area contributed by atoms with E-state index in [-0.39, 0.29) is 37.1 Å². The average molecular weight is 931 g/mol. The summed E-state index contributed by atoms with van der Waals surface area (Å²) in [7, 11) is 1.33. The Labute approximate surface area is 390 Å². The van der Waals surface area contributed by atoms with Crippen molar-refractivity contribution in [2.45, 2.75) is 92.1 Å². The van der Waals surface area contributed by atoms with Crippen LogP contribution in [-0.2, 0) is 25.7 Å². The number of amides is 3. The Morgan fingerprint density at radius 1 is 0.955 bits per heavy atom. The van der Waals surface area contributed by atoms with Crippen LogP contribution in [0.3, 0.4) is 0 Å². The fraction of sp³-hybridized carbons (Fsp3) is 0.347. The van der Waals surface area contributed by atoms with Gasteiger partial charge >= 0.3 is 5.97 Å². The third kappa shape index (κ3) is 9.06. The van der Waals surface area contributed by atoms with Gasteiger partial charge in [0.2, 0.25) is 11.8 Å². The molecule has 3 amide bonds. The lowest BCUT2D eigenvalue weighted by Crippen LogP contribution is -2.57. The second-order valence-electron chi connectivity index (χ2n) is 17.8. The SMILES string of the molecule is COC(=O)C[C@@H]1N=C(c2ccc(-c3ccc(C(=O)NC(C(=O)N4C[C@H](O)C[C@H]4C(=O)NCc4ccc(-c5scnc5C)cc4)C(C)(C)C)cc3F)cc2)c2c(sc(C)c2C)-n2c(C)nnc21. The number of benzene rings is 3. The standard InChI is InChI=1S/C49H51FN8O6S2/c1-25-27(3)66-48-40(25)41(53-37(21-39(60)64-8)44-56-55-28(4)58(44)48)31-15-13-30(14-16-31)35-18-17-33(19-36(35)50)45(61)54-43(49(5,6)7)47(63)57-23-34(59)20-38(57)46(62)51-22-29-9-11-32(12-10-29)42-26(2)52-24-65-42/h9-19,24,34,37-38,43,59H,20-23H2,1-8H3,(H,51,62)(H,54,61)/t34-,37+,38+,43?/m1/s1. The molecule has 0 bridgehead atoms. The number of hydrogen-bond acceptors (Lipinski definition) is 12. The fourth-order valence-corrected chi connectivity index (χ4v) is 10.5. The molecule has 3 N–H and O–H groups in total. The highest BCUT2D eigenvalue weighted by atomic mass is 32.1. The van der Waals surface area contributed by atoms with Crippen molar-refractivity contribution >= 4 is 52.1 Å². The Balaban J connectivity index is 0.976. The fourth-order valence-electron chi connectivity index (χ4n) is 8.46. The number of thiazole rings is 1. The predicted molar refractivity (Wildman–Crippen MR) is 251 cm³/mol. The lowest BCUT2D eigenvalue weighted by Gasteiger charge is -2.35. The zero-order chi connectivity index (χ0) is 47.2. The predicted octanol–water partition coefficient (Wildman–Crippen LogP) is 7.37. The highest BCUT2D eigenvalue weighted by molar-refractivity contribution is 7.15. The van der Waals surface area contributed by atoms with Gasteiger partial charge in [0.05, 0.1) is 41.4 Å². The topological polar surface area (TPSA) is 181 Å². The van der Waals surface area contributed by atoms with Gasteiger partial charge in [-0.25, -0.2) is 9.37 Å². The van der Waals surface area contributed by atoms with Crippen LogP contribution in [0, 0.1) is 38.9 Å². The molecule has 66 heavy (non-hydrogen) atoms. The summed E-state index contributed by atoms with van der Waals surface area (Å²) in [6.07, 6.45) is -0.930. The molecule has 0 radical (unpaired) electrons. The smallest absolute Gasteiger partial charge is 0.308 e. The summed E-state index contributed by atoms with van der Waals surface area (Å²) >= 11 is 3.15. The Hall–Kier alpha value is -6.43. The second kappa shape index (κ2) is 18.5. The Morgan fingerprint density at radius 3 is 2.30 bits per heavy atom. The molecule has 2 aliphatic rings. The van der Waals surface area contributed by atoms with Crippen LogP contribution in [-0.4, -0.2) is 91.0 Å². The summed E-state index contributed by atoms with van der Waals surface area (Å²) in [5, 5.41) is 26.0. The van der Waals surface area contributed by atoms with E-state index in [1.165, 1.54) is 24.1 Å². The highest BCUT2D eigenvalue weighted by Gasteiger charge is 2.44. The molecule has 3 aromatic heterocycles. The number of aliphatic hydroxyl groups excluding tert-OH is 1. The summed E-state index contributed by atoms with van der Waals surface area (Å²) < 4.78 is 23.0. The van der Waals surface area contributed by atoms with Crippen LogP contribution in [0.1, 0.15) is 94.5 Å². The van der Waals surface area contributed by atoms with Crippen molar-refractivity contribution in [3.8, 4) is 26.6 Å². The lowest BCUT2D eigenvalue weighted by atomic mass is 9.85. The van der Waals surface area contributed by atoms with Crippen molar-refractivity contribution in [1.82, 2.24) is 35.3 Å². The minimum Gasteiger partial charge on any atom is -0.469 e. The molecule has 1 unspecified atom stereocenters. The number of carbonyl (C=O) groups is 4. The zero-order valence-electron chi connectivity index (χ0n) is 37.9. The summed E-state index contributed by atoms with van der Waals surface area (Å²) in [4.78, 5) is 67.1. The largest absolute Gasteiger partial charge is 0.469 e. The molecule has 342 valence electrons. The molecule has 1 saturated heterocycles. The quantitative estimate of drug-likeness (QED) is 0.112. The van der Waals surface area contributed by atoms with Crippen LogP contribution < -0.4 is 10.6 Å². The van der Waals surface area contributed by atoms with Crippen LogP contribution in [0.25, 0.3) is 26.6 Å². The number of fused-ring (bicyclic) bond motifs is 3. The van der Waals surface area contributed by atoms with Gasteiger partial charge in [0, 0.05) is 46.6 Å². The van der Waals surface area contributed by atoms with Gasteiger partial charge in [0.1, 0.15) is 34.8 Å². The molecular formula is C49H51FN8O6S2. The molecule has 3 aromatic carbocycles. The van der Waals surface area contributed by atoms with Crippen LogP contribution >= 0.6 is 22.7 Å². The van der Waals surface area contributed by atoms with Crippen LogP contribution in [0.2, 0.25) is 0 Å². The molecule has 0 saturated carbocycles. The van der Waals surface area contributed by atoms with E-state index in [9.17, 15) is 24.3 Å². The Bertz CT molecular complexity index is 2880. The van der Waals surface area contributed by atoms with Crippen LogP contribution in [0.4, 0.5) is 4.39 Å². The van der Waals surface area contributed by atoms with E-state index in [2.05, 4.69) is 25.8 Å². The minimum atomic E-state index is -1.11. The van der Waals surface area contributed by atoms with Crippen molar-refractivity contribution in [1.29, 1.82) is 0 Å². The number of carbonyl (C=O) groups excluding carboxylic acids is 4. The number of likely N-dealkylation sites (tertiary alicyclic amines) is 1. The molecule has 2 aliphatic heterocycles. The molecule has 0 aliphatic carbocycles. The van der Waals surface area contributed by atoms with E-state index in [1.54, 1.807) is 61.1 Å². The van der Waals surface area contributed by atoms with Crippen molar-refractivity contribution in [2.24, 2.45) is 10.4 Å². The van der Waals surface area contributed by atoms with E-state index in [0.717, 1.165) is 54.3 Å². The highest BCUT2D eigenvalue weighted by Crippen LogP contribution is 2.40. The van der Waals surface area contributed by atoms with Gasteiger partial charge in [-0.15, -0.1) is 32.9 Å². The summed E-state index contributed by atoms with van der Waals surface area (Å²) in [5.74, 6) is -1.49. The molecule has 1 fully saturated rings. The normalized spacial score (nSPS) is 17.3. The molecule has 17 heteroatoms. The van der Waals surface area contributed by atoms with Crippen molar-refractivity contribution in [3.05, 3.63) is 128 Å². The number of thiophene rings is 1. The number of aliphatic imine (C=N–C) groups is 1. The number of methoxy groups -OCH3 is 1. The van der Waals surface area contributed by atoms with Crippen molar-refractivity contribution < 1.29 is 33.4 Å². The van der Waals surface area contributed by atoms with E-state index >= 15 is 4.39 Å². The number of ether oxygens (including phenoxy) is 1. The first-order chi connectivity index (χ1) is 31.4. The van der Waals surface area contributed by atoms with Gasteiger partial charge in [-0.3, -0.25) is 28.7 Å². The van der Waals surface area contributed by atoms with Gasteiger partial charge in [0.25, 0.3) is 5.91 Å². The molecule has 5 heterocycles. The lowest BCUT2D eigenvalue weighted by molar-refractivity contribution is -0.142.